The topological polar surface area (TPSA) is 31.4 Å². The maximum atomic E-state index is 13.3. The number of allylic oxidation sites excluding steroid dienone is 1. The Balaban J connectivity index is 1.71. The van der Waals surface area contributed by atoms with E-state index in [9.17, 15) is 8.78 Å². The number of halogens is 2. The van der Waals surface area contributed by atoms with Crippen LogP contribution >= 0.6 is 0 Å². The minimum atomic E-state index is -0.887. The molecule has 0 N–H and O–H groups in total. The van der Waals surface area contributed by atoms with Gasteiger partial charge in [0.25, 0.3) is 0 Å². The monoisotopic (exact) mass is 317 g/mol. The highest BCUT2D eigenvalue weighted by atomic mass is 19.2. The molecule has 1 aliphatic rings. The van der Waals surface area contributed by atoms with Crippen LogP contribution in [0.1, 0.15) is 18.8 Å². The maximum absolute atomic E-state index is 13.3. The zero-order valence-corrected chi connectivity index (χ0v) is 12.7. The van der Waals surface area contributed by atoms with Gasteiger partial charge < -0.3 is 9.47 Å². The molecule has 5 heteroatoms. The molecule has 1 fully saturated rings. The maximum Gasteiger partial charge on any atom is 0.185 e. The standard InChI is InChI=1S/C18H17F2NO2/c1-2-3-12-10-22-18(23-11-12)14-5-7-17(21-9-14)13-4-6-15(19)16(20)8-13/h2-9,12,18H,10-11H2,1H3/b3-2+/t12-,18-. The molecule has 0 amide bonds. The van der Waals surface area contributed by atoms with Crippen molar-refractivity contribution < 1.29 is 18.3 Å². The SMILES string of the molecule is C/C=C/[C@H]1CO[C@H](c2ccc(-c3ccc(F)c(F)c3)nc2)OC1. The van der Waals surface area contributed by atoms with Crippen molar-refractivity contribution in [3.05, 3.63) is 65.9 Å². The molecule has 1 saturated heterocycles. The van der Waals surface area contributed by atoms with Gasteiger partial charge in [-0.3, -0.25) is 4.98 Å². The number of hydrogen-bond donors (Lipinski definition) is 0. The van der Waals surface area contributed by atoms with Crippen LogP contribution in [-0.2, 0) is 9.47 Å². The van der Waals surface area contributed by atoms with Crippen molar-refractivity contribution in [2.75, 3.05) is 13.2 Å². The van der Waals surface area contributed by atoms with Crippen LogP contribution in [0.3, 0.4) is 0 Å². The van der Waals surface area contributed by atoms with Crippen LogP contribution in [0.2, 0.25) is 0 Å². The van der Waals surface area contributed by atoms with Crippen molar-refractivity contribution in [2.24, 2.45) is 5.92 Å². The molecule has 23 heavy (non-hydrogen) atoms. The highest BCUT2D eigenvalue weighted by molar-refractivity contribution is 5.59. The lowest BCUT2D eigenvalue weighted by atomic mass is 10.1. The van der Waals surface area contributed by atoms with Gasteiger partial charge in [-0.25, -0.2) is 8.78 Å². The van der Waals surface area contributed by atoms with E-state index >= 15 is 0 Å². The van der Waals surface area contributed by atoms with Gasteiger partial charge in [0, 0.05) is 23.2 Å². The van der Waals surface area contributed by atoms with Gasteiger partial charge in [-0.1, -0.05) is 18.2 Å². The van der Waals surface area contributed by atoms with Crippen molar-refractivity contribution in [3.8, 4) is 11.3 Å². The Morgan fingerprint density at radius 2 is 1.87 bits per heavy atom. The largest absolute Gasteiger partial charge is 0.348 e. The van der Waals surface area contributed by atoms with E-state index in [0.717, 1.165) is 17.7 Å². The Bertz CT molecular complexity index is 693. The quantitative estimate of drug-likeness (QED) is 0.793. The highest BCUT2D eigenvalue weighted by Gasteiger charge is 2.22. The van der Waals surface area contributed by atoms with E-state index in [4.69, 9.17) is 9.47 Å². The molecule has 0 radical (unpaired) electrons. The van der Waals surface area contributed by atoms with E-state index in [1.165, 1.54) is 6.07 Å². The van der Waals surface area contributed by atoms with Crippen LogP contribution in [0.4, 0.5) is 8.78 Å². The van der Waals surface area contributed by atoms with Crippen LogP contribution in [0.15, 0.2) is 48.7 Å². The average molecular weight is 317 g/mol. The molecule has 0 unspecified atom stereocenters. The first-order valence-electron chi connectivity index (χ1n) is 7.45. The molecule has 2 aromatic rings. The van der Waals surface area contributed by atoms with Crippen molar-refractivity contribution in [2.45, 2.75) is 13.2 Å². The van der Waals surface area contributed by atoms with Gasteiger partial charge in [-0.2, -0.15) is 0 Å². The van der Waals surface area contributed by atoms with Crippen molar-refractivity contribution in [1.82, 2.24) is 4.98 Å². The summed E-state index contributed by atoms with van der Waals surface area (Å²) in [5, 5.41) is 0. The molecular weight excluding hydrogens is 300 g/mol. The van der Waals surface area contributed by atoms with Gasteiger partial charge in [-0.15, -0.1) is 0 Å². The third kappa shape index (κ3) is 3.63. The second kappa shape index (κ2) is 6.98. The molecule has 0 spiro atoms. The lowest BCUT2D eigenvalue weighted by Crippen LogP contribution is -2.25. The molecule has 0 bridgehead atoms. The van der Waals surface area contributed by atoms with Gasteiger partial charge in [0.05, 0.1) is 18.9 Å². The molecule has 1 aromatic heterocycles. The Labute approximate surface area is 133 Å². The van der Waals surface area contributed by atoms with Crippen molar-refractivity contribution in [3.63, 3.8) is 0 Å². The first kappa shape index (κ1) is 15.8. The normalized spacial score (nSPS) is 21.7. The summed E-state index contributed by atoms with van der Waals surface area (Å²) < 4.78 is 37.6. The number of ether oxygens (including phenoxy) is 2. The first-order valence-corrected chi connectivity index (χ1v) is 7.45. The van der Waals surface area contributed by atoms with Gasteiger partial charge >= 0.3 is 0 Å². The molecule has 120 valence electrons. The number of rotatable bonds is 3. The zero-order valence-electron chi connectivity index (χ0n) is 12.7. The Hall–Kier alpha value is -2.11. The van der Waals surface area contributed by atoms with E-state index in [1.54, 1.807) is 12.3 Å². The molecule has 0 atom stereocenters. The fraction of sp³-hybridized carbons (Fsp3) is 0.278. The van der Waals surface area contributed by atoms with E-state index < -0.39 is 17.9 Å². The summed E-state index contributed by atoms with van der Waals surface area (Å²) >= 11 is 0. The molecule has 0 saturated carbocycles. The average Bonchev–Trinajstić information content (AvgIpc) is 2.59. The molecule has 3 rings (SSSR count). The van der Waals surface area contributed by atoms with E-state index in [1.807, 2.05) is 19.1 Å². The van der Waals surface area contributed by atoms with E-state index in [-0.39, 0.29) is 5.92 Å². The van der Waals surface area contributed by atoms with Crippen LogP contribution < -0.4 is 0 Å². The summed E-state index contributed by atoms with van der Waals surface area (Å²) in [5.41, 5.74) is 1.89. The van der Waals surface area contributed by atoms with E-state index in [2.05, 4.69) is 11.1 Å². The Kier molecular flexibility index (Phi) is 4.79. The predicted octanol–water partition coefficient (Wildman–Crippen LogP) is 4.26. The van der Waals surface area contributed by atoms with Gasteiger partial charge in [0.2, 0.25) is 0 Å². The molecular formula is C18H17F2NO2. The molecule has 1 aromatic carbocycles. The minimum absolute atomic E-state index is 0.269. The third-order valence-electron chi connectivity index (χ3n) is 3.66. The summed E-state index contributed by atoms with van der Waals surface area (Å²) in [4.78, 5) is 4.29. The summed E-state index contributed by atoms with van der Waals surface area (Å²) in [7, 11) is 0. The second-order valence-corrected chi connectivity index (χ2v) is 5.39. The summed E-state index contributed by atoms with van der Waals surface area (Å²) in [6.07, 6.45) is 5.23. The number of nitrogens with zero attached hydrogens (tertiary/aromatic N) is 1. The number of aromatic nitrogens is 1. The second-order valence-electron chi connectivity index (χ2n) is 5.39. The van der Waals surface area contributed by atoms with Gasteiger partial charge in [0.1, 0.15) is 0 Å². The molecule has 0 aliphatic carbocycles. The zero-order chi connectivity index (χ0) is 16.2. The lowest BCUT2D eigenvalue weighted by molar-refractivity contribution is -0.197. The van der Waals surface area contributed by atoms with Gasteiger partial charge in [-0.05, 0) is 31.2 Å². The fourth-order valence-corrected chi connectivity index (χ4v) is 2.46. The summed E-state index contributed by atoms with van der Waals surface area (Å²) in [5.74, 6) is -1.49. The van der Waals surface area contributed by atoms with E-state index in [0.29, 0.717) is 24.5 Å². The first-order chi connectivity index (χ1) is 11.2. The highest BCUT2D eigenvalue weighted by Crippen LogP contribution is 2.27. The summed E-state index contributed by atoms with van der Waals surface area (Å²) in [6.45, 7) is 3.16. The van der Waals surface area contributed by atoms with Crippen LogP contribution in [0.25, 0.3) is 11.3 Å². The number of hydrogen-bond acceptors (Lipinski definition) is 3. The number of benzene rings is 1. The number of pyridine rings is 1. The molecule has 2 heterocycles. The third-order valence-corrected chi connectivity index (χ3v) is 3.66. The van der Waals surface area contributed by atoms with Crippen molar-refractivity contribution in [1.29, 1.82) is 0 Å². The van der Waals surface area contributed by atoms with Crippen LogP contribution in [0, 0.1) is 17.6 Å². The predicted molar refractivity (Wildman–Crippen MR) is 82.5 cm³/mol. The van der Waals surface area contributed by atoms with Crippen molar-refractivity contribution >= 4 is 0 Å². The fourth-order valence-electron chi connectivity index (χ4n) is 2.46. The minimum Gasteiger partial charge on any atom is -0.348 e. The van der Waals surface area contributed by atoms with Crippen LogP contribution in [0.5, 0.6) is 0 Å². The molecule has 3 nitrogen and oxygen atoms in total. The molecule has 1 aliphatic heterocycles. The Morgan fingerprint density at radius 1 is 1.09 bits per heavy atom. The van der Waals surface area contributed by atoms with Gasteiger partial charge in [0.15, 0.2) is 17.9 Å². The smallest absolute Gasteiger partial charge is 0.185 e. The van der Waals surface area contributed by atoms with Crippen LogP contribution in [-0.4, -0.2) is 18.2 Å². The summed E-state index contributed by atoms with van der Waals surface area (Å²) in [6, 6.07) is 7.29. The Morgan fingerprint density at radius 3 is 2.48 bits per heavy atom. The lowest BCUT2D eigenvalue weighted by Gasteiger charge is -2.28.